The Hall–Kier alpha value is -0.490. The van der Waals surface area contributed by atoms with Gasteiger partial charge in [0.25, 0.3) is 0 Å². The van der Waals surface area contributed by atoms with Gasteiger partial charge in [-0.05, 0) is 51.4 Å². The van der Waals surface area contributed by atoms with Crippen molar-refractivity contribution in [2.75, 3.05) is 44.6 Å². The minimum absolute atomic E-state index is 0. The molecule has 2 heterocycles. The van der Waals surface area contributed by atoms with E-state index in [9.17, 15) is 9.59 Å². The second-order valence-electron chi connectivity index (χ2n) is 9.02. The van der Waals surface area contributed by atoms with Crippen molar-refractivity contribution in [1.29, 1.82) is 0 Å². The maximum atomic E-state index is 11.8. The number of carbonyl (C=O) groups excluding carboxylic acids is 2. The molecule has 2 aliphatic heterocycles. The highest BCUT2D eigenvalue weighted by atomic mass is 127. The molecule has 2 aliphatic carbocycles. The van der Waals surface area contributed by atoms with Crippen LogP contribution >= 0.6 is 22.6 Å². The fourth-order valence-electron chi connectivity index (χ4n) is 4.82. The van der Waals surface area contributed by atoms with Gasteiger partial charge < -0.3 is 28.4 Å². The summed E-state index contributed by atoms with van der Waals surface area (Å²) in [7, 11) is 0. The van der Waals surface area contributed by atoms with Crippen molar-refractivity contribution >= 4 is 34.5 Å². The fourth-order valence-corrected chi connectivity index (χ4v) is 4.82. The number of carbonyl (C=O) groups is 2. The van der Waals surface area contributed by atoms with Gasteiger partial charge in [-0.25, -0.2) is 0 Å². The quantitative estimate of drug-likeness (QED) is 0.252. The van der Waals surface area contributed by atoms with Crippen LogP contribution in [0.25, 0.3) is 0 Å². The molecule has 0 aromatic rings. The van der Waals surface area contributed by atoms with E-state index in [1.807, 2.05) is 25.7 Å². The minimum Gasteiger partial charge on any atom is -0.466 e. The van der Waals surface area contributed by atoms with E-state index in [0.717, 1.165) is 51.4 Å². The molecule has 8 nitrogen and oxygen atoms in total. The molecular weight excluding hydrogens is 555 g/mol. The standard InChI is InChI=1S/C12H20O4.C11H18O4.CH3I.CH4/c1-3-14-10(13)11(2)4-6-12(7-5-11)15-8-9-16-12;1-2-13-10(12)9-3-5-11(6-4-9)14-7-8-15-11;1-2;/h3-9H2,1-2H3;9H,2-8H2,1H3;1H3;1H4. The van der Waals surface area contributed by atoms with Crippen molar-refractivity contribution in [2.24, 2.45) is 11.3 Å². The van der Waals surface area contributed by atoms with Crippen molar-refractivity contribution in [2.45, 2.75) is 91.1 Å². The third-order valence-electron chi connectivity index (χ3n) is 6.88. The summed E-state index contributed by atoms with van der Waals surface area (Å²) in [5, 5.41) is 0. The number of ether oxygens (including phenoxy) is 6. The van der Waals surface area contributed by atoms with Gasteiger partial charge in [0.15, 0.2) is 11.6 Å². The van der Waals surface area contributed by atoms with Crippen LogP contribution < -0.4 is 0 Å². The molecule has 9 heteroatoms. The average Bonchev–Trinajstić information content (AvgIpc) is 3.49. The van der Waals surface area contributed by atoms with Gasteiger partial charge in [-0.2, -0.15) is 0 Å². The summed E-state index contributed by atoms with van der Waals surface area (Å²) >= 11 is 2.15. The van der Waals surface area contributed by atoms with Gasteiger partial charge in [-0.1, -0.05) is 30.0 Å². The smallest absolute Gasteiger partial charge is 0.311 e. The lowest BCUT2D eigenvalue weighted by Crippen LogP contribution is -2.42. The zero-order valence-corrected chi connectivity index (χ0v) is 22.8. The summed E-state index contributed by atoms with van der Waals surface area (Å²) in [5.41, 5.74) is -0.351. The molecule has 0 amide bonds. The molecule has 0 atom stereocenters. The van der Waals surface area contributed by atoms with Gasteiger partial charge in [0, 0.05) is 25.7 Å². The van der Waals surface area contributed by atoms with Gasteiger partial charge in [-0.15, -0.1) is 0 Å². The Bertz CT molecular complexity index is 594. The van der Waals surface area contributed by atoms with Gasteiger partial charge in [0.05, 0.1) is 51.0 Å². The van der Waals surface area contributed by atoms with E-state index < -0.39 is 5.79 Å². The van der Waals surface area contributed by atoms with Gasteiger partial charge in [0.2, 0.25) is 0 Å². The van der Waals surface area contributed by atoms with Gasteiger partial charge >= 0.3 is 11.9 Å². The Labute approximate surface area is 219 Å². The lowest BCUT2D eigenvalue weighted by Gasteiger charge is -2.39. The van der Waals surface area contributed by atoms with Gasteiger partial charge in [-0.3, -0.25) is 9.59 Å². The Morgan fingerprint density at radius 1 is 0.765 bits per heavy atom. The highest BCUT2D eigenvalue weighted by molar-refractivity contribution is 14.1. The van der Waals surface area contributed by atoms with Crippen molar-refractivity contribution < 1.29 is 38.0 Å². The summed E-state index contributed by atoms with van der Waals surface area (Å²) in [6.45, 7) is 9.30. The van der Waals surface area contributed by atoms with E-state index in [0.29, 0.717) is 39.6 Å². The number of esters is 2. The minimum atomic E-state index is -0.397. The van der Waals surface area contributed by atoms with Crippen LogP contribution in [0.3, 0.4) is 0 Å². The zero-order valence-electron chi connectivity index (χ0n) is 20.6. The van der Waals surface area contributed by atoms with Crippen molar-refractivity contribution in [3.8, 4) is 0 Å². The summed E-state index contributed by atoms with van der Waals surface area (Å²) < 4.78 is 32.6. The topological polar surface area (TPSA) is 89.5 Å². The second kappa shape index (κ2) is 14.9. The molecule has 4 aliphatic rings. The van der Waals surface area contributed by atoms with Crippen LogP contribution in [0.4, 0.5) is 0 Å². The van der Waals surface area contributed by atoms with E-state index in [1.54, 1.807) is 0 Å². The van der Waals surface area contributed by atoms with Crippen molar-refractivity contribution in [3.63, 3.8) is 0 Å². The van der Waals surface area contributed by atoms with Crippen molar-refractivity contribution in [3.05, 3.63) is 0 Å². The molecule has 2 saturated heterocycles. The van der Waals surface area contributed by atoms with E-state index in [-0.39, 0.29) is 36.5 Å². The van der Waals surface area contributed by atoms with Crippen LogP contribution in [-0.4, -0.2) is 68.1 Å². The Balaban J connectivity index is 0.000000309. The highest BCUT2D eigenvalue weighted by Gasteiger charge is 2.48. The van der Waals surface area contributed by atoms with Crippen LogP contribution in [0.2, 0.25) is 0 Å². The number of halogens is 1. The molecule has 0 aromatic carbocycles. The van der Waals surface area contributed by atoms with Crippen LogP contribution in [0.5, 0.6) is 0 Å². The summed E-state index contributed by atoms with van der Waals surface area (Å²) in [4.78, 5) is 25.3. The summed E-state index contributed by atoms with van der Waals surface area (Å²) in [6, 6.07) is 0. The molecule has 4 fully saturated rings. The Kier molecular flexibility index (Phi) is 13.8. The molecule has 200 valence electrons. The largest absolute Gasteiger partial charge is 0.466 e. The number of hydrogen-bond acceptors (Lipinski definition) is 8. The maximum absolute atomic E-state index is 11.8. The first kappa shape index (κ1) is 31.5. The molecule has 0 radical (unpaired) electrons. The van der Waals surface area contributed by atoms with Crippen LogP contribution in [0.1, 0.15) is 79.6 Å². The highest BCUT2D eigenvalue weighted by Crippen LogP contribution is 2.45. The molecule has 2 spiro atoms. The number of alkyl halides is 1. The predicted molar refractivity (Wildman–Crippen MR) is 138 cm³/mol. The fraction of sp³-hybridized carbons (Fsp3) is 0.920. The average molecular weight is 601 g/mol. The third-order valence-corrected chi connectivity index (χ3v) is 6.88. The van der Waals surface area contributed by atoms with Crippen LogP contribution in [0, 0.1) is 11.3 Å². The molecule has 0 aromatic heterocycles. The summed E-state index contributed by atoms with van der Waals surface area (Å²) in [6.07, 6.45) is 6.42. The molecule has 0 N–H and O–H groups in total. The molecular formula is C25H45IO8. The first-order chi connectivity index (χ1) is 15.9. The molecule has 0 bridgehead atoms. The Morgan fingerprint density at radius 3 is 1.59 bits per heavy atom. The Morgan fingerprint density at radius 2 is 1.18 bits per heavy atom. The van der Waals surface area contributed by atoms with Crippen LogP contribution in [0.15, 0.2) is 0 Å². The molecule has 2 saturated carbocycles. The predicted octanol–water partition coefficient (Wildman–Crippen LogP) is 5.04. The van der Waals surface area contributed by atoms with E-state index in [1.165, 1.54) is 0 Å². The zero-order chi connectivity index (χ0) is 24.4. The lowest BCUT2D eigenvalue weighted by molar-refractivity contribution is -0.197. The monoisotopic (exact) mass is 600 g/mol. The van der Waals surface area contributed by atoms with Crippen molar-refractivity contribution in [1.82, 2.24) is 0 Å². The summed E-state index contributed by atoms with van der Waals surface area (Å²) in [5.74, 6) is -0.869. The molecule has 0 unspecified atom stereocenters. The van der Waals surface area contributed by atoms with E-state index in [4.69, 9.17) is 28.4 Å². The molecule has 34 heavy (non-hydrogen) atoms. The third kappa shape index (κ3) is 8.28. The normalized spacial score (nSPS) is 25.7. The lowest BCUT2D eigenvalue weighted by atomic mass is 9.73. The van der Waals surface area contributed by atoms with Gasteiger partial charge in [0.1, 0.15) is 0 Å². The number of rotatable bonds is 4. The second-order valence-corrected chi connectivity index (χ2v) is 9.02. The molecule has 4 rings (SSSR count). The number of hydrogen-bond donors (Lipinski definition) is 0. The maximum Gasteiger partial charge on any atom is 0.311 e. The van der Waals surface area contributed by atoms with Crippen LogP contribution in [-0.2, 0) is 38.0 Å². The SMILES string of the molecule is C.CCOC(=O)C1(C)CCC2(CC1)OCCO2.CCOC(=O)C1CCC2(CC1)OCCO2.CI. The first-order valence-electron chi connectivity index (χ1n) is 12.1. The van der Waals surface area contributed by atoms with E-state index >= 15 is 0 Å². The van der Waals surface area contributed by atoms with E-state index in [2.05, 4.69) is 22.6 Å². The first-order valence-corrected chi connectivity index (χ1v) is 14.3.